The molecule has 7 atom stereocenters. The number of benzene rings is 1. The van der Waals surface area contributed by atoms with E-state index in [2.05, 4.69) is 39.5 Å². The molecule has 0 spiro atoms. The fraction of sp³-hybridized carbons (Fsp3) is 0.607. The van der Waals surface area contributed by atoms with E-state index in [-0.39, 0.29) is 138 Å². The number of carbonyl (C=O) groups excluding carboxylic acids is 13. The van der Waals surface area contributed by atoms with Crippen LogP contribution in [-0.4, -0.2) is 332 Å². The van der Waals surface area contributed by atoms with E-state index < -0.39 is 149 Å². The molecular formula is C84H131NO39. The van der Waals surface area contributed by atoms with Gasteiger partial charge < -0.3 is 120 Å². The number of hydrogen-bond donors (Lipinski definition) is 5. The predicted molar refractivity (Wildman–Crippen MR) is 442 cm³/mol. The summed E-state index contributed by atoms with van der Waals surface area (Å²) in [6.07, 6.45) is -0.165. The Morgan fingerprint density at radius 3 is 1.16 bits per heavy atom. The lowest BCUT2D eigenvalue weighted by Crippen LogP contribution is -2.43. The molecule has 0 heterocycles. The van der Waals surface area contributed by atoms with Crippen LogP contribution in [0.25, 0.3) is 0 Å². The van der Waals surface area contributed by atoms with Crippen LogP contribution in [0.2, 0.25) is 0 Å². The lowest BCUT2D eigenvalue weighted by Gasteiger charge is -2.29. The van der Waals surface area contributed by atoms with Gasteiger partial charge in [0.1, 0.15) is 115 Å². The monoisotopic (exact) mass is 1780 g/mol. The molecule has 0 aliphatic carbocycles. The number of carboxylic acids is 2. The van der Waals surface area contributed by atoms with Gasteiger partial charge in [0, 0.05) is 104 Å². The predicted octanol–water partition coefficient (Wildman–Crippen LogP) is 5.47. The Balaban J connectivity index is -0.000000485. The molecule has 0 aliphatic rings. The maximum Gasteiger partial charge on any atom is 0.339 e. The Kier molecular flexibility index (Phi) is 70.7. The number of aliphatic hydroxyl groups excluding tert-OH is 3. The van der Waals surface area contributed by atoms with Crippen LogP contribution in [0.15, 0.2) is 86.1 Å². The smallest absolute Gasteiger partial charge is 0.339 e. The number of ether oxygens (including phenoxy) is 19. The molecule has 1 amide bonds. The Hall–Kier alpha value is -10.5. The third-order valence-corrected chi connectivity index (χ3v) is 15.8. The summed E-state index contributed by atoms with van der Waals surface area (Å²) in [5.74, 6) is -11.4. The fourth-order valence-electron chi connectivity index (χ4n) is 8.04. The van der Waals surface area contributed by atoms with Crippen LogP contribution in [0.4, 0.5) is 0 Å². The van der Waals surface area contributed by atoms with Gasteiger partial charge in [-0.1, -0.05) is 59.7 Å². The highest BCUT2D eigenvalue weighted by Gasteiger charge is 2.41. The summed E-state index contributed by atoms with van der Waals surface area (Å²) in [6, 6.07) is 1.49. The van der Waals surface area contributed by atoms with Crippen molar-refractivity contribution in [3.63, 3.8) is 0 Å². The molecule has 5 N–H and O–H groups in total. The molecule has 40 nitrogen and oxygen atoms in total. The Labute approximate surface area is 724 Å². The molecule has 1 rings (SSSR count). The van der Waals surface area contributed by atoms with Crippen molar-refractivity contribution in [2.45, 2.75) is 151 Å². The normalized spacial score (nSPS) is 12.3. The topological polar surface area (TPSA) is 536 Å². The molecule has 1 aromatic rings. The van der Waals surface area contributed by atoms with Crippen molar-refractivity contribution >= 4 is 89.3 Å². The van der Waals surface area contributed by atoms with E-state index in [0.29, 0.717) is 57.6 Å². The second kappa shape index (κ2) is 71.8. The highest BCUT2D eigenvalue weighted by Crippen LogP contribution is 2.28. The van der Waals surface area contributed by atoms with E-state index in [1.54, 1.807) is 74.2 Å². The number of aliphatic hydroxyl groups is 3. The summed E-state index contributed by atoms with van der Waals surface area (Å²) in [5.41, 5.74) is -3.61. The molecule has 1 aromatic carbocycles. The molecule has 0 aromatic heterocycles. The summed E-state index contributed by atoms with van der Waals surface area (Å²) in [4.78, 5) is 175. The SMILES string of the molecule is C=C(C)C(=O)OCC(COC)OC.C=C(C)C(=O)OCC(O)COC(=O)C(CC)(COC)COC(=O)c1cc(C(C)=O)c(C(=O)O)cc1C(=O)O.C=C(C)C(=O)OCC(O)COC(=O)CCC(=O)N(C)CCC.C=C(C)C(=O)OCC(O)COC(=O)CCC(=O)OCCOC(=O)C(C)(C)CC.C=CC(=O)OCC(COC)OC.C=CCOCC(COC)OC. The van der Waals surface area contributed by atoms with Crippen molar-refractivity contribution < 1.29 is 187 Å². The molecule has 0 fully saturated rings. The van der Waals surface area contributed by atoms with E-state index in [4.69, 9.17) is 90.0 Å². The molecule has 40 heteroatoms. The zero-order chi connectivity index (χ0) is 96.3. The van der Waals surface area contributed by atoms with Crippen molar-refractivity contribution in [1.29, 1.82) is 0 Å². The number of ketones is 1. The quantitative estimate of drug-likeness (QED) is 0.0135. The second-order valence-electron chi connectivity index (χ2n) is 27.2. The lowest BCUT2D eigenvalue weighted by atomic mass is 9.87. The second-order valence-corrected chi connectivity index (χ2v) is 27.2. The first kappa shape index (κ1) is 122. The van der Waals surface area contributed by atoms with Crippen LogP contribution < -0.4 is 0 Å². The van der Waals surface area contributed by atoms with Gasteiger partial charge in [-0.15, -0.1) is 6.58 Å². The number of rotatable bonds is 57. The molecule has 0 saturated heterocycles. The van der Waals surface area contributed by atoms with Gasteiger partial charge in [-0.05, 0) is 79.9 Å². The van der Waals surface area contributed by atoms with Crippen LogP contribution in [0.3, 0.4) is 0 Å². The molecule has 0 saturated carbocycles. The molecule has 0 aliphatic heterocycles. The van der Waals surface area contributed by atoms with Gasteiger partial charge in [0.15, 0.2) is 5.78 Å². The molecule has 706 valence electrons. The number of Topliss-reactive ketones (excluding diaryl/α,β-unsaturated/α-hetero) is 1. The summed E-state index contributed by atoms with van der Waals surface area (Å²) in [6.45, 7) is 36.4. The van der Waals surface area contributed by atoms with Gasteiger partial charge in [0.2, 0.25) is 5.91 Å². The lowest BCUT2D eigenvalue weighted by molar-refractivity contribution is -0.167. The van der Waals surface area contributed by atoms with Gasteiger partial charge in [0.05, 0.1) is 81.0 Å². The average molecular weight is 1780 g/mol. The zero-order valence-corrected chi connectivity index (χ0v) is 74.8. The standard InChI is InChI=1S/C25H30O13.C19H30O9.C15H25NO6.C9H16O4.C8H14O4.C8H16O3/c1-6-25(11-35-5,24(34)37-10-15(27)9-36-22(32)13(2)3)12-38-23(33)19-7-16(14(4)26)17(20(28)29)8-18(19)21(30)31;1-6-19(4,5)18(24)26-10-9-25-15(21)7-8-16(22)27-11-14(20)12-28-17(23)13(2)3;1-5-8-16(4)13(18)6-7-14(19)21-9-12(17)10-22-15(20)11(2)3;1-7(2)9(10)13-6-8(12-4)5-11-3;1-4-8(9)12-6-7(11-3)5-10-2;1-4-5-11-7-8(10-3)6-9-2/h7-8,15,27H,2,6,9-12H2,1,3-5H3,(H,28,29)(H,30,31);14,20H,2,6-12H2,1,3-5H3;12,17H,2,5-10H2,1,3-4H3;8H,1,5-6H2,2-4H3;4,7H,1,5-6H2,2-3H3;4,8H,1,5-7H2,2-3H3. The molecule has 0 bridgehead atoms. The van der Waals surface area contributed by atoms with Crippen LogP contribution in [0.5, 0.6) is 0 Å². The molecule has 0 radical (unpaired) electrons. The Morgan fingerprint density at radius 2 is 0.798 bits per heavy atom. The average Bonchev–Trinajstić information content (AvgIpc) is 0.788. The maximum atomic E-state index is 12.9. The van der Waals surface area contributed by atoms with Crippen molar-refractivity contribution in [2.24, 2.45) is 10.8 Å². The number of esters is 11. The van der Waals surface area contributed by atoms with E-state index in [1.807, 2.05) is 13.8 Å². The number of amides is 1. The Morgan fingerprint density at radius 1 is 0.427 bits per heavy atom. The van der Waals surface area contributed by atoms with Crippen molar-refractivity contribution in [1.82, 2.24) is 4.90 Å². The van der Waals surface area contributed by atoms with Crippen molar-refractivity contribution in [3.05, 3.63) is 108 Å². The number of carbonyl (C=O) groups is 15. The van der Waals surface area contributed by atoms with Crippen LogP contribution in [0.1, 0.15) is 156 Å². The number of nitrogens with zero attached hydrogens (tertiary/aromatic N) is 1. The number of hydrogen-bond acceptors (Lipinski definition) is 37. The molecule has 124 heavy (non-hydrogen) atoms. The third kappa shape index (κ3) is 59.3. The first-order valence-electron chi connectivity index (χ1n) is 38.4. The van der Waals surface area contributed by atoms with Gasteiger partial charge in [-0.25, -0.2) is 38.4 Å². The molecular weight excluding hydrogens is 1650 g/mol. The maximum absolute atomic E-state index is 12.9. The van der Waals surface area contributed by atoms with Crippen LogP contribution >= 0.6 is 0 Å². The largest absolute Gasteiger partial charge is 0.478 e. The van der Waals surface area contributed by atoms with Crippen LogP contribution in [0, 0.1) is 10.8 Å². The number of carboxylic acid groups (broad SMARTS) is 2. The number of aromatic carboxylic acids is 2. The van der Waals surface area contributed by atoms with Gasteiger partial charge in [-0.3, -0.25) is 33.6 Å². The minimum atomic E-state index is -1.64. The Bertz CT molecular complexity index is 3530. The van der Waals surface area contributed by atoms with Crippen molar-refractivity contribution in [2.75, 3.05) is 176 Å². The summed E-state index contributed by atoms with van der Waals surface area (Å²) in [5, 5.41) is 47.8. The molecule has 7 unspecified atom stereocenters. The van der Waals surface area contributed by atoms with Crippen molar-refractivity contribution in [3.8, 4) is 0 Å². The highest BCUT2D eigenvalue weighted by molar-refractivity contribution is 6.11. The number of methoxy groups -OCH3 is 7. The first-order valence-corrected chi connectivity index (χ1v) is 38.4. The van der Waals surface area contributed by atoms with E-state index >= 15 is 0 Å². The zero-order valence-electron chi connectivity index (χ0n) is 74.8. The minimum Gasteiger partial charge on any atom is -0.478 e. The fourth-order valence-corrected chi connectivity index (χ4v) is 8.04. The van der Waals surface area contributed by atoms with Gasteiger partial charge >= 0.3 is 77.6 Å². The minimum absolute atomic E-state index is 0.0239. The van der Waals surface area contributed by atoms with Gasteiger partial charge in [0.25, 0.3) is 0 Å². The summed E-state index contributed by atoms with van der Waals surface area (Å²) in [7, 11) is 12.4. The van der Waals surface area contributed by atoms with E-state index in [9.17, 15) is 97.5 Å². The first-order chi connectivity index (χ1) is 58.2. The summed E-state index contributed by atoms with van der Waals surface area (Å²) >= 11 is 0. The summed E-state index contributed by atoms with van der Waals surface area (Å²) < 4.78 is 93.4. The third-order valence-electron chi connectivity index (χ3n) is 15.8. The van der Waals surface area contributed by atoms with E-state index in [0.717, 1.165) is 25.5 Å². The van der Waals surface area contributed by atoms with Gasteiger partial charge in [-0.2, -0.15) is 0 Å². The van der Waals surface area contributed by atoms with Crippen LogP contribution in [-0.2, 0) is 143 Å². The van der Waals surface area contributed by atoms with E-state index in [1.165, 1.54) is 42.1 Å². The highest BCUT2D eigenvalue weighted by atomic mass is 16.6.